The molecule has 0 radical (unpaired) electrons. The van der Waals surface area contributed by atoms with Gasteiger partial charge in [-0.1, -0.05) is 15.9 Å². The van der Waals surface area contributed by atoms with Crippen molar-refractivity contribution < 1.29 is 4.79 Å². The molecule has 3 nitrogen and oxygen atoms in total. The number of aromatic nitrogens is 1. The van der Waals surface area contributed by atoms with Gasteiger partial charge in [0.15, 0.2) is 0 Å². The maximum absolute atomic E-state index is 11.9. The van der Waals surface area contributed by atoms with E-state index in [0.29, 0.717) is 5.56 Å². The largest absolute Gasteiger partial charge is 0.338 e. The minimum atomic E-state index is 0.0458. The molecule has 0 unspecified atom stereocenters. The average molecular weight is 271 g/mol. The van der Waals surface area contributed by atoms with Crippen LogP contribution < -0.4 is 0 Å². The highest BCUT2D eigenvalue weighted by Gasteiger charge is 2.13. The molecule has 0 saturated heterocycles. The number of carbonyl (C=O) groups excluding carboxylic acids is 1. The van der Waals surface area contributed by atoms with Crippen LogP contribution in [0.25, 0.3) is 0 Å². The van der Waals surface area contributed by atoms with E-state index in [0.717, 1.165) is 24.1 Å². The highest BCUT2D eigenvalue weighted by atomic mass is 79.9. The van der Waals surface area contributed by atoms with E-state index in [1.807, 2.05) is 26.0 Å². The van der Waals surface area contributed by atoms with Crippen molar-refractivity contribution in [3.8, 4) is 0 Å². The number of hydrogen-bond donors (Lipinski definition) is 0. The molecular weight excluding hydrogens is 256 g/mol. The summed E-state index contributed by atoms with van der Waals surface area (Å²) in [7, 11) is 0. The molecule has 1 heterocycles. The Morgan fingerprint density at radius 3 is 2.73 bits per heavy atom. The van der Waals surface area contributed by atoms with Gasteiger partial charge in [0.2, 0.25) is 0 Å². The number of nitrogens with zero attached hydrogens (tertiary/aromatic N) is 2. The molecule has 0 spiro atoms. The predicted octanol–water partition coefficient (Wildman–Crippen LogP) is 2.25. The lowest BCUT2D eigenvalue weighted by atomic mass is 10.2. The van der Waals surface area contributed by atoms with Gasteiger partial charge in [0.25, 0.3) is 5.91 Å². The monoisotopic (exact) mass is 270 g/mol. The molecule has 0 aromatic carbocycles. The van der Waals surface area contributed by atoms with Crippen molar-refractivity contribution in [3.63, 3.8) is 0 Å². The molecule has 1 rings (SSSR count). The molecule has 0 bridgehead atoms. The first-order chi connectivity index (χ1) is 7.19. The van der Waals surface area contributed by atoms with E-state index in [1.165, 1.54) is 0 Å². The summed E-state index contributed by atoms with van der Waals surface area (Å²) in [5.74, 6) is 0.0458. The SMILES string of the molecule is CCN(CCBr)C(=O)c1ccc(C)nc1. The zero-order valence-electron chi connectivity index (χ0n) is 9.03. The highest BCUT2D eigenvalue weighted by Crippen LogP contribution is 2.05. The first-order valence-electron chi connectivity index (χ1n) is 4.97. The molecule has 82 valence electrons. The molecule has 0 saturated carbocycles. The van der Waals surface area contributed by atoms with Gasteiger partial charge >= 0.3 is 0 Å². The molecule has 0 fully saturated rings. The molecule has 4 heteroatoms. The number of rotatable bonds is 4. The maximum atomic E-state index is 11.9. The second-order valence-electron chi connectivity index (χ2n) is 3.26. The fourth-order valence-electron chi connectivity index (χ4n) is 1.28. The first-order valence-corrected chi connectivity index (χ1v) is 6.09. The first kappa shape index (κ1) is 12.2. The van der Waals surface area contributed by atoms with Crippen LogP contribution in [0.1, 0.15) is 23.0 Å². The summed E-state index contributed by atoms with van der Waals surface area (Å²) in [5, 5.41) is 0.797. The van der Waals surface area contributed by atoms with Crippen LogP contribution in [0.15, 0.2) is 18.3 Å². The molecular formula is C11H15BrN2O. The summed E-state index contributed by atoms with van der Waals surface area (Å²) < 4.78 is 0. The molecule has 1 amide bonds. The van der Waals surface area contributed by atoms with Crippen molar-refractivity contribution in [2.24, 2.45) is 0 Å². The fourth-order valence-corrected chi connectivity index (χ4v) is 1.71. The number of halogens is 1. The summed E-state index contributed by atoms with van der Waals surface area (Å²) in [4.78, 5) is 17.9. The third-order valence-corrected chi connectivity index (χ3v) is 2.54. The molecule has 1 aromatic rings. The van der Waals surface area contributed by atoms with Gasteiger partial charge in [0, 0.05) is 30.3 Å². The molecule has 0 aliphatic rings. The van der Waals surface area contributed by atoms with Crippen LogP contribution >= 0.6 is 15.9 Å². The van der Waals surface area contributed by atoms with Crippen LogP contribution in [0.3, 0.4) is 0 Å². The van der Waals surface area contributed by atoms with Crippen molar-refractivity contribution in [2.45, 2.75) is 13.8 Å². The van der Waals surface area contributed by atoms with Crippen molar-refractivity contribution in [1.82, 2.24) is 9.88 Å². The van der Waals surface area contributed by atoms with E-state index < -0.39 is 0 Å². The Kier molecular flexibility index (Phi) is 4.75. The van der Waals surface area contributed by atoms with Crippen LogP contribution in [-0.2, 0) is 0 Å². The van der Waals surface area contributed by atoms with Crippen molar-refractivity contribution in [1.29, 1.82) is 0 Å². The lowest BCUT2D eigenvalue weighted by Gasteiger charge is -2.19. The predicted molar refractivity (Wildman–Crippen MR) is 64.3 cm³/mol. The van der Waals surface area contributed by atoms with Gasteiger partial charge in [-0.15, -0.1) is 0 Å². The van der Waals surface area contributed by atoms with Crippen LogP contribution in [0, 0.1) is 6.92 Å². The summed E-state index contributed by atoms with van der Waals surface area (Å²) in [6, 6.07) is 3.68. The normalized spacial score (nSPS) is 10.1. The number of amides is 1. The van der Waals surface area contributed by atoms with E-state index in [-0.39, 0.29) is 5.91 Å². The third-order valence-electron chi connectivity index (χ3n) is 2.18. The third kappa shape index (κ3) is 3.30. The van der Waals surface area contributed by atoms with Gasteiger partial charge in [-0.3, -0.25) is 9.78 Å². The Morgan fingerprint density at radius 1 is 1.53 bits per heavy atom. The zero-order valence-corrected chi connectivity index (χ0v) is 10.6. The number of alkyl halides is 1. The molecule has 0 aliphatic carbocycles. The summed E-state index contributed by atoms with van der Waals surface area (Å²) in [5.41, 5.74) is 1.58. The Morgan fingerprint density at radius 2 is 2.27 bits per heavy atom. The lowest BCUT2D eigenvalue weighted by Crippen LogP contribution is -2.32. The Labute approximate surface area is 98.6 Å². The van der Waals surface area contributed by atoms with E-state index >= 15 is 0 Å². The van der Waals surface area contributed by atoms with E-state index in [1.54, 1.807) is 11.1 Å². The number of aryl methyl sites for hydroxylation is 1. The average Bonchev–Trinajstić information content (AvgIpc) is 2.26. The standard InChI is InChI=1S/C11H15BrN2O/c1-3-14(7-6-12)11(15)10-5-4-9(2)13-8-10/h4-5,8H,3,6-7H2,1-2H3. The fraction of sp³-hybridized carbons (Fsp3) is 0.455. The van der Waals surface area contributed by atoms with Gasteiger partial charge in [0.1, 0.15) is 0 Å². The van der Waals surface area contributed by atoms with Gasteiger partial charge < -0.3 is 4.90 Å². The molecule has 1 aromatic heterocycles. The Bertz CT molecular complexity index is 324. The summed E-state index contributed by atoms with van der Waals surface area (Å²) in [6.07, 6.45) is 1.63. The molecule has 0 N–H and O–H groups in total. The number of hydrogen-bond acceptors (Lipinski definition) is 2. The minimum absolute atomic E-state index is 0.0458. The van der Waals surface area contributed by atoms with Crippen LogP contribution in [0.2, 0.25) is 0 Å². The van der Waals surface area contributed by atoms with Gasteiger partial charge in [0.05, 0.1) is 5.56 Å². The Hall–Kier alpha value is -0.900. The second-order valence-corrected chi connectivity index (χ2v) is 4.06. The quantitative estimate of drug-likeness (QED) is 0.787. The highest BCUT2D eigenvalue weighted by molar-refractivity contribution is 9.09. The topological polar surface area (TPSA) is 33.2 Å². The van der Waals surface area contributed by atoms with Gasteiger partial charge in [-0.2, -0.15) is 0 Å². The summed E-state index contributed by atoms with van der Waals surface area (Å²) in [6.45, 7) is 5.33. The lowest BCUT2D eigenvalue weighted by molar-refractivity contribution is 0.0774. The smallest absolute Gasteiger partial charge is 0.255 e. The zero-order chi connectivity index (χ0) is 11.3. The van der Waals surface area contributed by atoms with Gasteiger partial charge in [-0.05, 0) is 26.0 Å². The summed E-state index contributed by atoms with van der Waals surface area (Å²) >= 11 is 3.33. The molecule has 0 atom stereocenters. The minimum Gasteiger partial charge on any atom is -0.338 e. The van der Waals surface area contributed by atoms with E-state index in [4.69, 9.17) is 0 Å². The van der Waals surface area contributed by atoms with Crippen LogP contribution in [-0.4, -0.2) is 34.2 Å². The Balaban J connectivity index is 2.78. The van der Waals surface area contributed by atoms with E-state index in [9.17, 15) is 4.79 Å². The molecule has 0 aliphatic heterocycles. The van der Waals surface area contributed by atoms with Crippen molar-refractivity contribution >= 4 is 21.8 Å². The van der Waals surface area contributed by atoms with Crippen LogP contribution in [0.4, 0.5) is 0 Å². The van der Waals surface area contributed by atoms with Crippen molar-refractivity contribution in [3.05, 3.63) is 29.6 Å². The van der Waals surface area contributed by atoms with E-state index in [2.05, 4.69) is 20.9 Å². The number of pyridine rings is 1. The second kappa shape index (κ2) is 5.85. The van der Waals surface area contributed by atoms with Gasteiger partial charge in [-0.25, -0.2) is 0 Å². The molecule has 15 heavy (non-hydrogen) atoms. The van der Waals surface area contributed by atoms with Crippen molar-refractivity contribution in [2.75, 3.05) is 18.4 Å². The van der Waals surface area contributed by atoms with Crippen LogP contribution in [0.5, 0.6) is 0 Å². The number of carbonyl (C=O) groups is 1. The maximum Gasteiger partial charge on any atom is 0.255 e.